The number of hydrogen-bond donors (Lipinski definition) is 1. The fourth-order valence-electron chi connectivity index (χ4n) is 1.66. The van der Waals surface area contributed by atoms with Crippen molar-refractivity contribution in [1.29, 1.82) is 0 Å². The molecule has 0 fully saturated rings. The van der Waals surface area contributed by atoms with Gasteiger partial charge in [-0.05, 0) is 12.8 Å². The highest BCUT2D eigenvalue weighted by Crippen LogP contribution is 2.20. The fraction of sp³-hybridized carbons (Fsp3) is 0.538. The maximum Gasteiger partial charge on any atom is 0.157 e. The van der Waals surface area contributed by atoms with Gasteiger partial charge in [-0.3, -0.25) is 0 Å². The molecule has 0 saturated carbocycles. The lowest BCUT2D eigenvalue weighted by molar-refractivity contribution is 0.541. The fourth-order valence-corrected chi connectivity index (χ4v) is 3.41. The summed E-state index contributed by atoms with van der Waals surface area (Å²) in [4.78, 5) is 0. The van der Waals surface area contributed by atoms with Gasteiger partial charge in [0.2, 0.25) is 0 Å². The number of sulfone groups is 1. The van der Waals surface area contributed by atoms with E-state index >= 15 is 0 Å². The van der Waals surface area contributed by atoms with Crippen molar-refractivity contribution in [3.63, 3.8) is 0 Å². The molecule has 0 amide bonds. The van der Waals surface area contributed by atoms with E-state index in [1.54, 1.807) is 19.1 Å². The lowest BCUT2D eigenvalue weighted by Crippen LogP contribution is -2.25. The van der Waals surface area contributed by atoms with E-state index in [1.165, 1.54) is 6.07 Å². The van der Waals surface area contributed by atoms with Crippen molar-refractivity contribution in [1.82, 2.24) is 0 Å². The van der Waals surface area contributed by atoms with Gasteiger partial charge in [0.25, 0.3) is 0 Å². The van der Waals surface area contributed by atoms with E-state index in [0.717, 1.165) is 0 Å². The molecule has 1 aromatic carbocycles. The second-order valence-corrected chi connectivity index (χ2v) is 7.21. The highest BCUT2D eigenvalue weighted by atomic mass is 32.2. The molecular formula is C13H20FNO2S. The predicted molar refractivity (Wildman–Crippen MR) is 71.2 cm³/mol. The van der Waals surface area contributed by atoms with E-state index in [0.29, 0.717) is 5.56 Å². The van der Waals surface area contributed by atoms with Crippen LogP contribution in [0.1, 0.15) is 31.9 Å². The summed E-state index contributed by atoms with van der Waals surface area (Å²) in [5.74, 6) is -0.762. The Morgan fingerprint density at radius 2 is 1.78 bits per heavy atom. The molecule has 0 aliphatic rings. The SMILES string of the molecule is CC(C)C(C)S(=O)(=O)Cc1cccc(CN)c1F. The van der Waals surface area contributed by atoms with E-state index in [1.807, 2.05) is 13.8 Å². The standard InChI is InChI=1S/C13H20FNO2S/c1-9(2)10(3)18(16,17)8-12-6-4-5-11(7-15)13(12)14/h4-6,9-10H,7-8,15H2,1-3H3. The molecule has 0 aliphatic heterocycles. The third-order valence-electron chi connectivity index (χ3n) is 3.24. The molecule has 0 bridgehead atoms. The zero-order valence-corrected chi connectivity index (χ0v) is 11.8. The van der Waals surface area contributed by atoms with Crippen LogP contribution in [0.2, 0.25) is 0 Å². The van der Waals surface area contributed by atoms with Gasteiger partial charge in [0.15, 0.2) is 9.84 Å². The molecule has 18 heavy (non-hydrogen) atoms. The van der Waals surface area contributed by atoms with Crippen molar-refractivity contribution in [3.8, 4) is 0 Å². The maximum absolute atomic E-state index is 13.9. The summed E-state index contributed by atoms with van der Waals surface area (Å²) in [7, 11) is -3.34. The number of hydrogen-bond acceptors (Lipinski definition) is 3. The summed E-state index contributed by atoms with van der Waals surface area (Å²) < 4.78 is 38.1. The number of rotatable bonds is 5. The monoisotopic (exact) mass is 273 g/mol. The average molecular weight is 273 g/mol. The normalized spacial score (nSPS) is 13.9. The second kappa shape index (κ2) is 5.80. The topological polar surface area (TPSA) is 60.2 Å². The van der Waals surface area contributed by atoms with Crippen molar-refractivity contribution >= 4 is 9.84 Å². The molecule has 3 nitrogen and oxygen atoms in total. The van der Waals surface area contributed by atoms with Crippen molar-refractivity contribution < 1.29 is 12.8 Å². The molecule has 1 unspecified atom stereocenters. The van der Waals surface area contributed by atoms with Gasteiger partial charge in [0.05, 0.1) is 11.0 Å². The number of benzene rings is 1. The van der Waals surface area contributed by atoms with Gasteiger partial charge in [0.1, 0.15) is 5.82 Å². The summed E-state index contributed by atoms with van der Waals surface area (Å²) in [6.45, 7) is 5.41. The highest BCUT2D eigenvalue weighted by Gasteiger charge is 2.25. The summed E-state index contributed by atoms with van der Waals surface area (Å²) in [5.41, 5.74) is 5.95. The smallest absolute Gasteiger partial charge is 0.157 e. The van der Waals surface area contributed by atoms with Crippen LogP contribution in [0.5, 0.6) is 0 Å². The first-order chi connectivity index (χ1) is 8.29. The molecule has 5 heteroatoms. The Morgan fingerprint density at radius 3 is 2.28 bits per heavy atom. The quantitative estimate of drug-likeness (QED) is 0.895. The van der Waals surface area contributed by atoms with Gasteiger partial charge >= 0.3 is 0 Å². The molecular weight excluding hydrogens is 253 g/mol. The van der Waals surface area contributed by atoms with E-state index in [-0.39, 0.29) is 23.8 Å². The van der Waals surface area contributed by atoms with E-state index in [4.69, 9.17) is 5.73 Å². The van der Waals surface area contributed by atoms with Gasteiger partial charge in [-0.1, -0.05) is 32.0 Å². The Hall–Kier alpha value is -0.940. The van der Waals surface area contributed by atoms with Crippen molar-refractivity contribution in [3.05, 3.63) is 35.1 Å². The van der Waals surface area contributed by atoms with Crippen LogP contribution in [0.4, 0.5) is 4.39 Å². The minimum Gasteiger partial charge on any atom is -0.326 e. The zero-order chi connectivity index (χ0) is 13.9. The van der Waals surface area contributed by atoms with Crippen LogP contribution in [0.25, 0.3) is 0 Å². The molecule has 2 N–H and O–H groups in total. The van der Waals surface area contributed by atoms with Crippen LogP contribution in [0.15, 0.2) is 18.2 Å². The van der Waals surface area contributed by atoms with Crippen LogP contribution in [-0.2, 0) is 22.1 Å². The van der Waals surface area contributed by atoms with E-state index in [9.17, 15) is 12.8 Å². The molecule has 0 aliphatic carbocycles. The van der Waals surface area contributed by atoms with Crippen LogP contribution in [0.3, 0.4) is 0 Å². The van der Waals surface area contributed by atoms with Gasteiger partial charge in [0, 0.05) is 17.7 Å². The lowest BCUT2D eigenvalue weighted by Gasteiger charge is -2.17. The second-order valence-electron chi connectivity index (χ2n) is 4.85. The van der Waals surface area contributed by atoms with Gasteiger partial charge in [-0.2, -0.15) is 0 Å². The Kier molecular flexibility index (Phi) is 4.87. The highest BCUT2D eigenvalue weighted by molar-refractivity contribution is 7.91. The Morgan fingerprint density at radius 1 is 1.22 bits per heavy atom. The molecule has 1 rings (SSSR count). The first kappa shape index (κ1) is 15.1. The van der Waals surface area contributed by atoms with Crippen LogP contribution >= 0.6 is 0 Å². The van der Waals surface area contributed by atoms with Crippen molar-refractivity contribution in [2.45, 2.75) is 38.3 Å². The first-order valence-electron chi connectivity index (χ1n) is 5.97. The van der Waals surface area contributed by atoms with Gasteiger partial charge < -0.3 is 5.73 Å². The molecule has 0 heterocycles. The molecule has 0 saturated heterocycles. The Balaban J connectivity index is 3.05. The Labute approximate surface area is 108 Å². The largest absolute Gasteiger partial charge is 0.326 e. The number of halogens is 1. The van der Waals surface area contributed by atoms with Crippen LogP contribution in [-0.4, -0.2) is 13.7 Å². The minimum atomic E-state index is -3.34. The third-order valence-corrected chi connectivity index (χ3v) is 5.63. The predicted octanol–water partition coefficient (Wildman–Crippen LogP) is 2.24. The number of nitrogens with two attached hydrogens (primary N) is 1. The van der Waals surface area contributed by atoms with E-state index < -0.39 is 20.9 Å². The van der Waals surface area contributed by atoms with Gasteiger partial charge in [-0.25, -0.2) is 12.8 Å². The summed E-state index contributed by atoms with van der Waals surface area (Å²) in [6, 6.07) is 4.70. The van der Waals surface area contributed by atoms with Crippen molar-refractivity contribution in [2.75, 3.05) is 0 Å². The minimum absolute atomic E-state index is 0.00996. The molecule has 1 atom stereocenters. The molecule has 102 valence electrons. The summed E-state index contributed by atoms with van der Waals surface area (Å²) in [5, 5.41) is -0.488. The van der Waals surface area contributed by atoms with Crippen LogP contribution in [0, 0.1) is 11.7 Å². The molecule has 0 aromatic heterocycles. The zero-order valence-electron chi connectivity index (χ0n) is 11.0. The third kappa shape index (κ3) is 3.29. The first-order valence-corrected chi connectivity index (χ1v) is 7.69. The summed E-state index contributed by atoms with van der Waals surface area (Å²) in [6.07, 6.45) is 0. The van der Waals surface area contributed by atoms with Crippen molar-refractivity contribution in [2.24, 2.45) is 11.7 Å². The Bertz CT molecular complexity index is 512. The molecule has 1 aromatic rings. The van der Waals surface area contributed by atoms with Crippen LogP contribution < -0.4 is 5.73 Å². The maximum atomic E-state index is 13.9. The lowest BCUT2D eigenvalue weighted by atomic mass is 10.1. The summed E-state index contributed by atoms with van der Waals surface area (Å²) >= 11 is 0. The molecule has 0 radical (unpaired) electrons. The van der Waals surface area contributed by atoms with Gasteiger partial charge in [-0.15, -0.1) is 0 Å². The average Bonchev–Trinajstić information content (AvgIpc) is 2.30. The van der Waals surface area contributed by atoms with E-state index in [2.05, 4.69) is 0 Å². The molecule has 0 spiro atoms.